The van der Waals surface area contributed by atoms with Crippen LogP contribution in [0.15, 0.2) is 17.2 Å². The molecule has 24 heavy (non-hydrogen) atoms. The van der Waals surface area contributed by atoms with Gasteiger partial charge in [-0.15, -0.1) is 11.8 Å². The molecule has 0 radical (unpaired) electrons. The number of hydrogen-bond acceptors (Lipinski definition) is 6. The topological polar surface area (TPSA) is 60.8 Å². The summed E-state index contributed by atoms with van der Waals surface area (Å²) in [5.74, 6) is 0.740. The third-order valence-electron chi connectivity index (χ3n) is 2.90. The van der Waals surface area contributed by atoms with Gasteiger partial charge in [0.2, 0.25) is 0 Å². The molecule has 0 aliphatic rings. The molecule has 0 unspecified atom stereocenters. The van der Waals surface area contributed by atoms with E-state index in [0.717, 1.165) is 16.2 Å². The van der Waals surface area contributed by atoms with Crippen molar-refractivity contribution in [2.24, 2.45) is 0 Å². The molecule has 9 heteroatoms. The van der Waals surface area contributed by atoms with Gasteiger partial charge in [0.25, 0.3) is 0 Å². The summed E-state index contributed by atoms with van der Waals surface area (Å²) in [6.07, 6.45) is -2.64. The number of nitrogens with zero attached hydrogens (tertiary/aromatic N) is 1. The largest absolute Gasteiger partial charge is 0.411 e. The minimum absolute atomic E-state index is 0.0826. The second-order valence-electron chi connectivity index (χ2n) is 4.78. The minimum atomic E-state index is -4.30. The van der Waals surface area contributed by atoms with Crippen LogP contribution in [0.2, 0.25) is 0 Å². The van der Waals surface area contributed by atoms with Gasteiger partial charge in [-0.1, -0.05) is 0 Å². The highest BCUT2D eigenvalue weighted by atomic mass is 32.2. The molecule has 0 aliphatic heterocycles. The zero-order valence-electron chi connectivity index (χ0n) is 13.5. The number of halogens is 3. The van der Waals surface area contributed by atoms with E-state index < -0.39 is 12.8 Å². The van der Waals surface area contributed by atoms with Crippen LogP contribution in [0, 0.1) is 6.92 Å². The molecule has 1 aromatic rings. The van der Waals surface area contributed by atoms with E-state index in [-0.39, 0.29) is 19.8 Å². The van der Waals surface area contributed by atoms with Crippen molar-refractivity contribution in [1.82, 2.24) is 4.98 Å². The molecule has 1 N–H and O–H groups in total. The molecule has 5 nitrogen and oxygen atoms in total. The summed E-state index contributed by atoms with van der Waals surface area (Å²) in [6.45, 7) is 1.79. The van der Waals surface area contributed by atoms with Crippen molar-refractivity contribution in [2.45, 2.75) is 24.6 Å². The van der Waals surface area contributed by atoms with Gasteiger partial charge in [-0.05, 0) is 18.6 Å². The average molecular weight is 369 g/mol. The summed E-state index contributed by atoms with van der Waals surface area (Å²) >= 11 is 1.61. The molecule has 0 saturated carbocycles. The highest BCUT2D eigenvalue weighted by Crippen LogP contribution is 2.23. The van der Waals surface area contributed by atoms with E-state index in [9.17, 15) is 13.2 Å². The van der Waals surface area contributed by atoms with Crippen LogP contribution in [-0.2, 0) is 20.8 Å². The summed E-state index contributed by atoms with van der Waals surface area (Å²) in [7, 11) is 0. The molecule has 0 bridgehead atoms. The zero-order valence-corrected chi connectivity index (χ0v) is 14.3. The van der Waals surface area contributed by atoms with Gasteiger partial charge in [0.05, 0.1) is 45.3 Å². The monoisotopic (exact) mass is 369 g/mol. The fourth-order valence-electron chi connectivity index (χ4n) is 1.71. The van der Waals surface area contributed by atoms with Crippen LogP contribution in [0.4, 0.5) is 13.2 Å². The predicted molar refractivity (Wildman–Crippen MR) is 84.1 cm³/mol. The van der Waals surface area contributed by atoms with E-state index in [1.807, 2.05) is 13.0 Å². The second kappa shape index (κ2) is 11.6. The van der Waals surface area contributed by atoms with Crippen LogP contribution < -0.4 is 0 Å². The van der Waals surface area contributed by atoms with Crippen molar-refractivity contribution in [3.8, 4) is 0 Å². The first-order valence-electron chi connectivity index (χ1n) is 7.42. The molecule has 1 heterocycles. The molecular weight excluding hydrogens is 347 g/mol. The molecule has 0 amide bonds. The lowest BCUT2D eigenvalue weighted by molar-refractivity contribution is -0.176. The Morgan fingerprint density at radius 2 is 1.71 bits per heavy atom. The quantitative estimate of drug-likeness (QED) is 0.451. The lowest BCUT2D eigenvalue weighted by Gasteiger charge is -2.09. The number of alkyl halides is 3. The molecule has 0 aromatic carbocycles. The van der Waals surface area contributed by atoms with Gasteiger partial charge in [-0.25, -0.2) is 0 Å². The number of aromatic nitrogens is 1. The number of aliphatic hydroxyl groups is 1. The highest BCUT2D eigenvalue weighted by Gasteiger charge is 2.27. The fraction of sp³-hybridized carbons (Fsp3) is 0.667. The molecular formula is C15H22F3NO4S. The first-order valence-corrected chi connectivity index (χ1v) is 8.40. The van der Waals surface area contributed by atoms with Gasteiger partial charge in [0.15, 0.2) is 0 Å². The number of hydrogen-bond donors (Lipinski definition) is 1. The van der Waals surface area contributed by atoms with Crippen molar-refractivity contribution >= 4 is 11.8 Å². The molecule has 0 aliphatic carbocycles. The highest BCUT2D eigenvalue weighted by molar-refractivity contribution is 7.99. The molecule has 0 saturated heterocycles. The van der Waals surface area contributed by atoms with Crippen LogP contribution in [0.5, 0.6) is 0 Å². The molecule has 1 rings (SSSR count). The lowest BCUT2D eigenvalue weighted by Crippen LogP contribution is -2.19. The Morgan fingerprint density at radius 1 is 1.08 bits per heavy atom. The van der Waals surface area contributed by atoms with Gasteiger partial charge < -0.3 is 19.3 Å². The summed E-state index contributed by atoms with van der Waals surface area (Å²) in [5.41, 5.74) is 1.63. The summed E-state index contributed by atoms with van der Waals surface area (Å²) in [5, 5.41) is 9.15. The van der Waals surface area contributed by atoms with Gasteiger partial charge in [0, 0.05) is 16.8 Å². The summed E-state index contributed by atoms with van der Waals surface area (Å²) in [4.78, 5) is 5.14. The van der Waals surface area contributed by atoms with Gasteiger partial charge in [-0.2, -0.15) is 13.2 Å². The zero-order chi connectivity index (χ0) is 17.8. The SMILES string of the molecule is Cc1c(SCCOCCOCCOCC(F)(F)F)ccnc1CO. The Kier molecular flexibility index (Phi) is 10.3. The third kappa shape index (κ3) is 9.43. The maximum absolute atomic E-state index is 11.8. The van der Waals surface area contributed by atoms with E-state index in [1.165, 1.54) is 0 Å². The molecule has 0 spiro atoms. The Balaban J connectivity index is 1.98. The van der Waals surface area contributed by atoms with Gasteiger partial charge in [0.1, 0.15) is 6.61 Å². The predicted octanol–water partition coefficient (Wildman–Crippen LogP) is 2.59. The Morgan fingerprint density at radius 3 is 2.33 bits per heavy atom. The van der Waals surface area contributed by atoms with Crippen LogP contribution in [0.3, 0.4) is 0 Å². The number of rotatable bonds is 12. The van der Waals surface area contributed by atoms with E-state index in [1.54, 1.807) is 18.0 Å². The third-order valence-corrected chi connectivity index (χ3v) is 4.03. The smallest absolute Gasteiger partial charge is 0.390 e. The van der Waals surface area contributed by atoms with Gasteiger partial charge >= 0.3 is 6.18 Å². The summed E-state index contributed by atoms with van der Waals surface area (Å²) in [6, 6.07) is 1.89. The number of aliphatic hydroxyl groups excluding tert-OH is 1. The fourth-order valence-corrected chi connectivity index (χ4v) is 2.63. The normalized spacial score (nSPS) is 11.9. The van der Waals surface area contributed by atoms with Crippen molar-refractivity contribution < 1.29 is 32.5 Å². The van der Waals surface area contributed by atoms with Crippen molar-refractivity contribution in [1.29, 1.82) is 0 Å². The molecule has 0 atom stereocenters. The first-order chi connectivity index (χ1) is 11.4. The second-order valence-corrected chi connectivity index (χ2v) is 5.92. The maximum Gasteiger partial charge on any atom is 0.411 e. The van der Waals surface area contributed by atoms with Crippen molar-refractivity contribution in [3.05, 3.63) is 23.5 Å². The summed E-state index contributed by atoms with van der Waals surface area (Å²) < 4.78 is 50.3. The van der Waals surface area contributed by atoms with Crippen LogP contribution in [-0.4, -0.2) is 61.7 Å². The van der Waals surface area contributed by atoms with E-state index in [2.05, 4.69) is 9.72 Å². The lowest BCUT2D eigenvalue weighted by atomic mass is 10.2. The number of thioether (sulfide) groups is 1. The van der Waals surface area contributed by atoms with Crippen LogP contribution >= 0.6 is 11.8 Å². The van der Waals surface area contributed by atoms with Crippen molar-refractivity contribution in [3.63, 3.8) is 0 Å². The average Bonchev–Trinajstić information content (AvgIpc) is 2.53. The van der Waals surface area contributed by atoms with Crippen molar-refractivity contribution in [2.75, 3.05) is 45.4 Å². The van der Waals surface area contributed by atoms with Crippen LogP contribution in [0.25, 0.3) is 0 Å². The molecule has 138 valence electrons. The minimum Gasteiger partial charge on any atom is -0.390 e. The standard InChI is InChI=1S/C15H22F3NO4S/c1-12-13(10-20)19-3-2-14(12)24-9-8-22-5-4-21-6-7-23-11-15(16,17)18/h2-3,20H,4-11H2,1H3. The Hall–Kier alpha value is -0.870. The van der Waals surface area contributed by atoms with Crippen LogP contribution in [0.1, 0.15) is 11.3 Å². The molecule has 1 aromatic heterocycles. The number of pyridine rings is 1. The Labute approximate surface area is 143 Å². The number of ether oxygens (including phenoxy) is 3. The Bertz CT molecular complexity index is 475. The maximum atomic E-state index is 11.8. The van der Waals surface area contributed by atoms with E-state index in [4.69, 9.17) is 14.6 Å². The first kappa shape index (κ1) is 21.2. The molecule has 0 fully saturated rings. The van der Waals surface area contributed by atoms with E-state index in [0.29, 0.717) is 25.5 Å². The van der Waals surface area contributed by atoms with E-state index >= 15 is 0 Å². The van der Waals surface area contributed by atoms with Gasteiger partial charge in [-0.3, -0.25) is 4.98 Å².